The maximum atomic E-state index is 12.0. The Hall–Kier alpha value is -1.15. The van der Waals surface area contributed by atoms with Crippen molar-refractivity contribution >= 4 is 5.78 Å². The highest BCUT2D eigenvalue weighted by Crippen LogP contribution is 2.19. The molecule has 0 bridgehead atoms. The van der Waals surface area contributed by atoms with Gasteiger partial charge in [-0.15, -0.1) is 0 Å². The SMILES string of the molecule is CCCCCCCN1CC(=O)c2ccccc2C1. The van der Waals surface area contributed by atoms with Crippen LogP contribution in [-0.4, -0.2) is 23.8 Å². The first-order valence-electron chi connectivity index (χ1n) is 7.14. The molecule has 0 N–H and O–H groups in total. The molecule has 0 saturated carbocycles. The van der Waals surface area contributed by atoms with E-state index in [1.807, 2.05) is 18.2 Å². The predicted octanol–water partition coefficient (Wildman–Crippen LogP) is 3.66. The van der Waals surface area contributed by atoms with E-state index in [2.05, 4.69) is 17.9 Å². The molecule has 0 saturated heterocycles. The van der Waals surface area contributed by atoms with Crippen LogP contribution in [0.3, 0.4) is 0 Å². The molecule has 0 aliphatic carbocycles. The molecule has 98 valence electrons. The minimum atomic E-state index is 0.283. The van der Waals surface area contributed by atoms with E-state index in [1.54, 1.807) is 0 Å². The van der Waals surface area contributed by atoms with Gasteiger partial charge in [0, 0.05) is 12.1 Å². The fraction of sp³-hybridized carbons (Fsp3) is 0.562. The third-order valence-corrected chi connectivity index (χ3v) is 3.66. The third-order valence-electron chi connectivity index (χ3n) is 3.66. The molecule has 1 heterocycles. The average Bonchev–Trinajstić information content (AvgIpc) is 2.39. The van der Waals surface area contributed by atoms with Crippen LogP contribution >= 0.6 is 0 Å². The Morgan fingerprint density at radius 2 is 1.83 bits per heavy atom. The van der Waals surface area contributed by atoms with Gasteiger partial charge in [0.05, 0.1) is 6.54 Å². The van der Waals surface area contributed by atoms with Crippen molar-refractivity contribution in [3.63, 3.8) is 0 Å². The lowest BCUT2D eigenvalue weighted by molar-refractivity contribution is 0.0899. The molecule has 1 aromatic rings. The molecule has 2 nitrogen and oxygen atoms in total. The molecule has 0 radical (unpaired) electrons. The molecule has 0 amide bonds. The van der Waals surface area contributed by atoms with Crippen molar-refractivity contribution in [3.05, 3.63) is 35.4 Å². The van der Waals surface area contributed by atoms with Gasteiger partial charge in [-0.05, 0) is 18.5 Å². The summed E-state index contributed by atoms with van der Waals surface area (Å²) in [7, 11) is 0. The topological polar surface area (TPSA) is 20.3 Å². The zero-order valence-electron chi connectivity index (χ0n) is 11.3. The van der Waals surface area contributed by atoms with Crippen LogP contribution in [0.5, 0.6) is 0 Å². The fourth-order valence-corrected chi connectivity index (χ4v) is 2.61. The molecule has 0 spiro atoms. The Bertz CT molecular complexity index is 400. The molecule has 2 heteroatoms. The van der Waals surface area contributed by atoms with E-state index in [1.165, 1.54) is 37.7 Å². The van der Waals surface area contributed by atoms with E-state index >= 15 is 0 Å². The summed E-state index contributed by atoms with van der Waals surface area (Å²) in [5.41, 5.74) is 2.13. The Balaban J connectivity index is 1.82. The predicted molar refractivity (Wildman–Crippen MR) is 74.8 cm³/mol. The summed E-state index contributed by atoms with van der Waals surface area (Å²) in [5, 5.41) is 0. The van der Waals surface area contributed by atoms with E-state index in [0.29, 0.717) is 6.54 Å². The highest BCUT2D eigenvalue weighted by Gasteiger charge is 2.21. The van der Waals surface area contributed by atoms with E-state index in [-0.39, 0.29) is 5.78 Å². The summed E-state index contributed by atoms with van der Waals surface area (Å²) >= 11 is 0. The summed E-state index contributed by atoms with van der Waals surface area (Å²) in [6, 6.07) is 8.01. The lowest BCUT2D eigenvalue weighted by Gasteiger charge is -2.27. The van der Waals surface area contributed by atoms with Crippen molar-refractivity contribution in [3.8, 4) is 0 Å². The number of ketones is 1. The number of fused-ring (bicyclic) bond motifs is 1. The smallest absolute Gasteiger partial charge is 0.177 e. The molecular weight excluding hydrogens is 222 g/mol. The van der Waals surface area contributed by atoms with E-state index in [4.69, 9.17) is 0 Å². The molecule has 1 aliphatic heterocycles. The van der Waals surface area contributed by atoms with E-state index in [0.717, 1.165) is 18.7 Å². The summed E-state index contributed by atoms with van der Waals surface area (Å²) in [4.78, 5) is 14.3. The molecule has 0 aromatic heterocycles. The number of hydrogen-bond acceptors (Lipinski definition) is 2. The zero-order chi connectivity index (χ0) is 12.8. The average molecular weight is 245 g/mol. The van der Waals surface area contributed by atoms with Crippen LogP contribution in [0.25, 0.3) is 0 Å². The zero-order valence-corrected chi connectivity index (χ0v) is 11.3. The molecule has 2 rings (SSSR count). The van der Waals surface area contributed by atoms with E-state index < -0.39 is 0 Å². The van der Waals surface area contributed by atoms with Crippen LogP contribution in [0.15, 0.2) is 24.3 Å². The maximum Gasteiger partial charge on any atom is 0.177 e. The number of nitrogens with zero attached hydrogens (tertiary/aromatic N) is 1. The second kappa shape index (κ2) is 6.69. The van der Waals surface area contributed by atoms with Crippen LogP contribution in [-0.2, 0) is 6.54 Å². The molecular formula is C16H23NO. The van der Waals surface area contributed by atoms with Gasteiger partial charge in [-0.3, -0.25) is 9.69 Å². The first kappa shape index (κ1) is 13.3. The highest BCUT2D eigenvalue weighted by molar-refractivity contribution is 5.99. The molecule has 18 heavy (non-hydrogen) atoms. The van der Waals surface area contributed by atoms with Gasteiger partial charge >= 0.3 is 0 Å². The number of rotatable bonds is 6. The summed E-state index contributed by atoms with van der Waals surface area (Å²) in [6.07, 6.45) is 6.46. The number of Topliss-reactive ketones (excluding diaryl/α,β-unsaturated/α-hetero) is 1. The van der Waals surface area contributed by atoms with Crippen LogP contribution < -0.4 is 0 Å². The number of carbonyl (C=O) groups excluding carboxylic acids is 1. The summed E-state index contributed by atoms with van der Waals surface area (Å²) in [5.74, 6) is 0.283. The summed E-state index contributed by atoms with van der Waals surface area (Å²) < 4.78 is 0. The van der Waals surface area contributed by atoms with Crippen molar-refractivity contribution in [1.29, 1.82) is 0 Å². The Morgan fingerprint density at radius 1 is 1.06 bits per heavy atom. The molecule has 0 atom stereocenters. The quantitative estimate of drug-likeness (QED) is 0.713. The monoisotopic (exact) mass is 245 g/mol. The van der Waals surface area contributed by atoms with E-state index in [9.17, 15) is 4.79 Å². The lowest BCUT2D eigenvalue weighted by Crippen LogP contribution is -2.35. The number of benzene rings is 1. The number of carbonyl (C=O) groups is 1. The second-order valence-electron chi connectivity index (χ2n) is 5.21. The van der Waals surface area contributed by atoms with Gasteiger partial charge in [-0.1, -0.05) is 56.9 Å². The van der Waals surface area contributed by atoms with Crippen molar-refractivity contribution in [2.75, 3.05) is 13.1 Å². The summed E-state index contributed by atoms with van der Waals surface area (Å²) in [6.45, 7) is 4.84. The number of hydrogen-bond donors (Lipinski definition) is 0. The molecule has 1 aliphatic rings. The Kier molecular flexibility index (Phi) is 4.94. The molecule has 0 unspecified atom stereocenters. The minimum Gasteiger partial charge on any atom is -0.293 e. The first-order chi connectivity index (χ1) is 8.81. The fourth-order valence-electron chi connectivity index (χ4n) is 2.61. The van der Waals surface area contributed by atoms with Crippen molar-refractivity contribution in [1.82, 2.24) is 4.90 Å². The maximum absolute atomic E-state index is 12.0. The molecule has 1 aromatic carbocycles. The van der Waals surface area contributed by atoms with Gasteiger partial charge in [0.1, 0.15) is 0 Å². The molecule has 0 fully saturated rings. The third kappa shape index (κ3) is 3.42. The van der Waals surface area contributed by atoms with Crippen molar-refractivity contribution < 1.29 is 4.79 Å². The second-order valence-corrected chi connectivity index (χ2v) is 5.21. The van der Waals surface area contributed by atoms with Crippen molar-refractivity contribution in [2.24, 2.45) is 0 Å². The first-order valence-corrected chi connectivity index (χ1v) is 7.14. The van der Waals surface area contributed by atoms with Crippen molar-refractivity contribution in [2.45, 2.75) is 45.6 Å². The lowest BCUT2D eigenvalue weighted by atomic mass is 9.98. The van der Waals surface area contributed by atoms with Gasteiger partial charge in [-0.2, -0.15) is 0 Å². The van der Waals surface area contributed by atoms with Gasteiger partial charge in [0.25, 0.3) is 0 Å². The normalized spacial score (nSPS) is 15.7. The van der Waals surface area contributed by atoms with Crippen LogP contribution in [0.1, 0.15) is 54.9 Å². The van der Waals surface area contributed by atoms with Crippen LogP contribution in [0, 0.1) is 0 Å². The minimum absolute atomic E-state index is 0.283. The van der Waals surface area contributed by atoms with Gasteiger partial charge in [0.15, 0.2) is 5.78 Å². The number of unbranched alkanes of at least 4 members (excludes halogenated alkanes) is 4. The van der Waals surface area contributed by atoms with Gasteiger partial charge < -0.3 is 0 Å². The Labute approximate surface area is 110 Å². The highest BCUT2D eigenvalue weighted by atomic mass is 16.1. The standard InChI is InChI=1S/C16H23NO/c1-2-3-4-5-8-11-17-12-14-9-6-7-10-15(14)16(18)13-17/h6-7,9-10H,2-5,8,11-13H2,1H3. The Morgan fingerprint density at radius 3 is 2.67 bits per heavy atom. The largest absolute Gasteiger partial charge is 0.293 e. The van der Waals surface area contributed by atoms with Gasteiger partial charge in [0.2, 0.25) is 0 Å². The van der Waals surface area contributed by atoms with Crippen LogP contribution in [0.2, 0.25) is 0 Å². The van der Waals surface area contributed by atoms with Gasteiger partial charge in [-0.25, -0.2) is 0 Å². The van der Waals surface area contributed by atoms with Crippen LogP contribution in [0.4, 0.5) is 0 Å².